The first-order chi connectivity index (χ1) is 14.5. The van der Waals surface area contributed by atoms with E-state index in [0.717, 1.165) is 11.1 Å². The van der Waals surface area contributed by atoms with E-state index >= 15 is 0 Å². The van der Waals surface area contributed by atoms with Crippen LogP contribution in [0.5, 0.6) is 0 Å². The van der Waals surface area contributed by atoms with Crippen LogP contribution in [0.1, 0.15) is 11.1 Å². The Hall–Kier alpha value is -2.88. The van der Waals surface area contributed by atoms with E-state index in [1.165, 1.54) is 6.07 Å². The van der Waals surface area contributed by atoms with Gasteiger partial charge < -0.3 is 10.2 Å². The summed E-state index contributed by atoms with van der Waals surface area (Å²) in [7, 11) is -1.35. The third-order valence-electron chi connectivity index (χ3n) is 4.66. The van der Waals surface area contributed by atoms with Crippen molar-refractivity contribution in [3.63, 3.8) is 0 Å². The molecule has 2 atom stereocenters. The molecule has 3 N–H and O–H groups in total. The molecule has 2 unspecified atom stereocenters. The molecule has 0 aliphatic carbocycles. The molecular formula is C22H19N3O3S2. The number of aromatic amines is 1. The molecule has 30 heavy (non-hydrogen) atoms. The molecule has 4 rings (SSSR count). The number of benzene rings is 3. The highest BCUT2D eigenvalue weighted by Crippen LogP contribution is 2.25. The molecule has 6 nitrogen and oxygen atoms in total. The van der Waals surface area contributed by atoms with Crippen LogP contribution in [0.25, 0.3) is 22.1 Å². The highest BCUT2D eigenvalue weighted by Gasteiger charge is 2.14. The van der Waals surface area contributed by atoms with Gasteiger partial charge in [-0.05, 0) is 29.4 Å². The van der Waals surface area contributed by atoms with Gasteiger partial charge in [0.05, 0.1) is 32.5 Å². The first-order valence-electron chi connectivity index (χ1n) is 9.20. The molecule has 0 aliphatic heterocycles. The average molecular weight is 438 g/mol. The van der Waals surface area contributed by atoms with Gasteiger partial charge in [0.25, 0.3) is 0 Å². The third-order valence-corrected chi connectivity index (χ3v) is 6.38. The summed E-state index contributed by atoms with van der Waals surface area (Å²) < 4.78 is 15.4. The molecule has 0 aliphatic rings. The van der Waals surface area contributed by atoms with Crippen LogP contribution >= 0.6 is 12.2 Å². The Labute approximate surface area is 180 Å². The predicted molar refractivity (Wildman–Crippen MR) is 122 cm³/mol. The van der Waals surface area contributed by atoms with Crippen molar-refractivity contribution in [1.29, 1.82) is 0 Å². The summed E-state index contributed by atoms with van der Waals surface area (Å²) in [4.78, 5) is 3.69. The van der Waals surface area contributed by atoms with Crippen LogP contribution in [0.3, 0.4) is 0 Å². The maximum absolute atomic E-state index is 13.4. The standard InChI is InChI=1S/C22H19N3O3S2/c26-25(27)18-11-12-19-20(13-18)24(22(29)23-19)14-21(17-9-5-2-6-10-17)30(28)15-16-7-3-1-4-8-16/h1-14,25-26H,15H2,(H,23,29)/b21-14-. The Morgan fingerprint density at radius 2 is 1.77 bits per heavy atom. The Balaban J connectivity index is 1.85. The zero-order valence-corrected chi connectivity index (χ0v) is 17.5. The van der Waals surface area contributed by atoms with Gasteiger partial charge in [-0.3, -0.25) is 8.78 Å². The van der Waals surface area contributed by atoms with E-state index in [1.54, 1.807) is 22.9 Å². The highest BCUT2D eigenvalue weighted by molar-refractivity contribution is 7.94. The highest BCUT2D eigenvalue weighted by atomic mass is 32.2. The van der Waals surface area contributed by atoms with E-state index in [2.05, 4.69) is 4.98 Å². The van der Waals surface area contributed by atoms with Gasteiger partial charge in [0.2, 0.25) is 0 Å². The number of fused-ring (bicyclic) bond motifs is 1. The van der Waals surface area contributed by atoms with Crippen LogP contribution in [-0.4, -0.2) is 19.0 Å². The van der Waals surface area contributed by atoms with Crippen molar-refractivity contribution in [3.8, 4) is 0 Å². The van der Waals surface area contributed by atoms with Crippen molar-refractivity contribution in [2.75, 3.05) is 0 Å². The number of quaternary nitrogens is 1. The number of rotatable bonds is 6. The number of hydrogen-bond donors (Lipinski definition) is 3. The maximum atomic E-state index is 13.4. The molecule has 0 radical (unpaired) electrons. The summed E-state index contributed by atoms with van der Waals surface area (Å²) in [5, 5.41) is 19.7. The molecule has 1 heterocycles. The summed E-state index contributed by atoms with van der Waals surface area (Å²) in [6, 6.07) is 23.9. The van der Waals surface area contributed by atoms with Crippen molar-refractivity contribution in [1.82, 2.24) is 9.55 Å². The second-order valence-corrected chi connectivity index (χ2v) is 8.48. The number of H-pyrrole nitrogens is 1. The second kappa shape index (κ2) is 8.86. The van der Waals surface area contributed by atoms with Gasteiger partial charge in [0, 0.05) is 18.3 Å². The smallest absolute Gasteiger partial charge is 0.182 e. The minimum Gasteiger partial charge on any atom is -0.595 e. The largest absolute Gasteiger partial charge is 0.595 e. The monoisotopic (exact) mass is 437 g/mol. The quantitative estimate of drug-likeness (QED) is 0.314. The van der Waals surface area contributed by atoms with Crippen LogP contribution in [0.2, 0.25) is 0 Å². The van der Waals surface area contributed by atoms with Crippen LogP contribution < -0.4 is 5.23 Å². The second-order valence-electron chi connectivity index (χ2n) is 6.67. The predicted octanol–water partition coefficient (Wildman–Crippen LogP) is 4.01. The van der Waals surface area contributed by atoms with Gasteiger partial charge in [-0.25, -0.2) is 5.21 Å². The third kappa shape index (κ3) is 4.33. The van der Waals surface area contributed by atoms with E-state index in [-0.39, 0.29) is 5.69 Å². The Bertz CT molecular complexity index is 1280. The van der Waals surface area contributed by atoms with Crippen molar-refractivity contribution in [3.05, 3.63) is 100.0 Å². The number of imidazole rings is 1. The molecule has 3 aromatic carbocycles. The first-order valence-corrected chi connectivity index (χ1v) is 10.9. The van der Waals surface area contributed by atoms with Crippen molar-refractivity contribution >= 4 is 50.8 Å². The topological polar surface area (TPSA) is 85.5 Å². The maximum Gasteiger partial charge on any atom is 0.182 e. The van der Waals surface area contributed by atoms with Gasteiger partial charge in [-0.2, -0.15) is 5.23 Å². The van der Waals surface area contributed by atoms with Crippen molar-refractivity contribution < 1.29 is 14.6 Å². The molecule has 0 saturated carbocycles. The number of hydrogen-bond acceptors (Lipinski definition) is 4. The molecule has 152 valence electrons. The lowest BCUT2D eigenvalue weighted by Gasteiger charge is -2.12. The zero-order valence-electron chi connectivity index (χ0n) is 15.8. The molecule has 0 amide bonds. The SMILES string of the molecule is O=S(Cc1ccccc1)/C(=C\n1c(=S)[nH]c2ccc([NH+]([O-])O)cc21)c1ccccc1. The molecular weight excluding hydrogens is 418 g/mol. The average Bonchev–Trinajstić information content (AvgIpc) is 3.07. The fourth-order valence-electron chi connectivity index (χ4n) is 3.17. The van der Waals surface area contributed by atoms with Crippen LogP contribution in [0.15, 0.2) is 78.9 Å². The number of aromatic nitrogens is 2. The molecule has 0 fully saturated rings. The molecule has 8 heteroatoms. The molecule has 0 spiro atoms. The summed E-state index contributed by atoms with van der Waals surface area (Å²) in [6.45, 7) is 0. The number of nitrogens with zero attached hydrogens (tertiary/aromatic N) is 1. The van der Waals surface area contributed by atoms with E-state index in [4.69, 9.17) is 12.2 Å². The lowest BCUT2D eigenvalue weighted by Crippen LogP contribution is -2.99. The van der Waals surface area contributed by atoms with Gasteiger partial charge in [0.1, 0.15) is 0 Å². The minimum atomic E-state index is -1.35. The van der Waals surface area contributed by atoms with E-state index < -0.39 is 16.0 Å². The fourth-order valence-corrected chi connectivity index (χ4v) is 4.70. The minimum absolute atomic E-state index is 0.158. The van der Waals surface area contributed by atoms with Gasteiger partial charge in [-0.15, -0.1) is 0 Å². The fraction of sp³-hybridized carbons (Fsp3) is 0.0455. The summed E-state index contributed by atoms with van der Waals surface area (Å²) >= 11 is 5.46. The van der Waals surface area contributed by atoms with Gasteiger partial charge in [0.15, 0.2) is 10.5 Å². The Morgan fingerprint density at radius 1 is 1.10 bits per heavy atom. The normalized spacial score (nSPS) is 14.0. The lowest BCUT2D eigenvalue weighted by molar-refractivity contribution is -0.991. The molecule has 4 aromatic rings. The van der Waals surface area contributed by atoms with E-state index in [0.29, 0.717) is 26.5 Å². The molecule has 0 bridgehead atoms. The summed E-state index contributed by atoms with van der Waals surface area (Å²) in [6.07, 6.45) is 1.74. The van der Waals surface area contributed by atoms with E-state index in [9.17, 15) is 14.6 Å². The van der Waals surface area contributed by atoms with Gasteiger partial charge >= 0.3 is 0 Å². The lowest BCUT2D eigenvalue weighted by atomic mass is 10.2. The number of nitrogens with one attached hydrogen (secondary N) is 2. The zero-order chi connectivity index (χ0) is 21.1. The van der Waals surface area contributed by atoms with Crippen molar-refractivity contribution in [2.24, 2.45) is 0 Å². The molecule has 0 saturated heterocycles. The van der Waals surface area contributed by atoms with Crippen LogP contribution in [0, 0.1) is 9.98 Å². The van der Waals surface area contributed by atoms with Crippen LogP contribution in [0.4, 0.5) is 5.69 Å². The van der Waals surface area contributed by atoms with Gasteiger partial charge in [-0.1, -0.05) is 60.7 Å². The Morgan fingerprint density at radius 3 is 2.43 bits per heavy atom. The summed E-state index contributed by atoms with van der Waals surface area (Å²) in [5.41, 5.74) is 3.27. The Kier molecular flexibility index (Phi) is 6.03. The van der Waals surface area contributed by atoms with Crippen molar-refractivity contribution in [2.45, 2.75) is 5.75 Å². The van der Waals surface area contributed by atoms with Crippen LogP contribution in [-0.2, 0) is 16.6 Å². The van der Waals surface area contributed by atoms with E-state index in [1.807, 2.05) is 60.7 Å². The first kappa shape index (κ1) is 20.4. The summed E-state index contributed by atoms with van der Waals surface area (Å²) in [5.74, 6) is 0.359. The molecule has 1 aromatic heterocycles.